The molecule has 2 atom stereocenters. The number of amides is 4. The van der Waals surface area contributed by atoms with Gasteiger partial charge in [0.25, 0.3) is 5.91 Å². The van der Waals surface area contributed by atoms with Crippen molar-refractivity contribution in [3.8, 4) is 0 Å². The molecule has 0 bridgehead atoms. The molecule has 1 aliphatic heterocycles. The van der Waals surface area contributed by atoms with Crippen molar-refractivity contribution in [2.24, 2.45) is 0 Å². The fourth-order valence-corrected chi connectivity index (χ4v) is 3.07. The van der Waals surface area contributed by atoms with E-state index >= 15 is 0 Å². The molecule has 2 unspecified atom stereocenters. The number of β-lactam (4-membered cyclic amide) rings is 1. The first-order valence-electron chi connectivity index (χ1n) is 8.54. The summed E-state index contributed by atoms with van der Waals surface area (Å²) in [4.78, 5) is 48.3. The Balaban J connectivity index is 2.01. The number of alkyl carbamates (subject to hydrolysis) is 1. The van der Waals surface area contributed by atoms with E-state index in [1.807, 2.05) is 0 Å². The molecule has 1 aromatic carbocycles. The smallest absolute Gasteiger partial charge is 0.445 e. The summed E-state index contributed by atoms with van der Waals surface area (Å²) in [5.74, 6) is -0.964. The van der Waals surface area contributed by atoms with Crippen LogP contribution in [0.3, 0.4) is 0 Å². The number of ether oxygens (including phenoxy) is 3. The van der Waals surface area contributed by atoms with Gasteiger partial charge in [0.15, 0.2) is 0 Å². The summed E-state index contributed by atoms with van der Waals surface area (Å²) in [7, 11) is 0.453. The summed E-state index contributed by atoms with van der Waals surface area (Å²) in [5, 5.41) is 2.23. The third-order valence-corrected chi connectivity index (χ3v) is 4.61. The Morgan fingerprint density at radius 1 is 1.10 bits per heavy atom. The zero-order chi connectivity index (χ0) is 23.0. The van der Waals surface area contributed by atoms with E-state index in [1.165, 1.54) is 4.72 Å². The summed E-state index contributed by atoms with van der Waals surface area (Å²) in [5.41, 5.74) is 0.688. The van der Waals surface area contributed by atoms with E-state index in [-0.39, 0.29) is 19.1 Å². The lowest BCUT2D eigenvalue weighted by molar-refractivity contribution is -0.147. The molecule has 0 radical (unpaired) electrons. The van der Waals surface area contributed by atoms with Crippen molar-refractivity contribution in [1.29, 1.82) is 0 Å². The summed E-state index contributed by atoms with van der Waals surface area (Å²) < 4.78 is 37.9. The number of likely N-dealkylation sites (tertiary alicyclic amines) is 1. The molecule has 2 N–H and O–H groups in total. The van der Waals surface area contributed by atoms with Crippen LogP contribution in [0.1, 0.15) is 5.56 Å². The highest BCUT2D eigenvalue weighted by Gasteiger charge is 2.53. The molecular formula is C16H17Cl2N3O9S. The number of carbonyl (C=O) groups is 4. The van der Waals surface area contributed by atoms with E-state index in [4.69, 9.17) is 31.8 Å². The normalized spacial score (nSPS) is 17.9. The van der Waals surface area contributed by atoms with Gasteiger partial charge in [0.1, 0.15) is 31.9 Å². The molecule has 12 nitrogen and oxygen atoms in total. The van der Waals surface area contributed by atoms with Crippen LogP contribution in [0.2, 0.25) is 0 Å². The monoisotopic (exact) mass is 497 g/mol. The quantitative estimate of drug-likeness (QED) is 0.232. The molecule has 1 saturated heterocycles. The predicted molar refractivity (Wildman–Crippen MR) is 106 cm³/mol. The van der Waals surface area contributed by atoms with Gasteiger partial charge in [-0.3, -0.25) is 9.69 Å². The number of hydrogen-bond donors (Lipinski definition) is 2. The van der Waals surface area contributed by atoms with Crippen LogP contribution < -0.4 is 10.0 Å². The second kappa shape index (κ2) is 11.0. The number of nitrogens with one attached hydrogen (secondary N) is 2. The lowest BCUT2D eigenvalue weighted by Crippen LogP contribution is -2.74. The number of hydrogen-bond acceptors (Lipinski definition) is 9. The molecule has 0 saturated carbocycles. The average molecular weight is 498 g/mol. The molecule has 15 heteroatoms. The largest absolute Gasteiger partial charge is 0.508 e. The van der Waals surface area contributed by atoms with Gasteiger partial charge in [0.05, 0.1) is 5.88 Å². The van der Waals surface area contributed by atoms with Gasteiger partial charge in [0, 0.05) is 10.7 Å². The number of urea groups is 1. The average Bonchev–Trinajstić information content (AvgIpc) is 2.71. The summed E-state index contributed by atoms with van der Waals surface area (Å²) >= 11 is 5.38. The van der Waals surface area contributed by atoms with Gasteiger partial charge in [-0.2, -0.15) is 8.42 Å². The van der Waals surface area contributed by atoms with Crippen molar-refractivity contribution < 1.29 is 41.8 Å². The topological polar surface area (TPSA) is 157 Å². The van der Waals surface area contributed by atoms with Crippen LogP contribution in [0, 0.1) is 0 Å². The molecule has 1 fully saturated rings. The van der Waals surface area contributed by atoms with E-state index in [0.717, 1.165) is 0 Å². The number of nitrogens with zero attached hydrogens (tertiary/aromatic N) is 1. The van der Waals surface area contributed by atoms with Gasteiger partial charge in [-0.15, -0.1) is 11.6 Å². The molecule has 1 aliphatic rings. The fourth-order valence-electron chi connectivity index (χ4n) is 2.49. The molecule has 4 amide bonds. The zero-order valence-electron chi connectivity index (χ0n) is 15.7. The van der Waals surface area contributed by atoms with E-state index in [0.29, 0.717) is 10.5 Å². The zero-order valence-corrected chi connectivity index (χ0v) is 18.0. The Labute approximate surface area is 186 Å². The van der Waals surface area contributed by atoms with Crippen LogP contribution in [0.25, 0.3) is 0 Å². The number of alkyl halides is 1. The van der Waals surface area contributed by atoms with E-state index in [9.17, 15) is 27.6 Å². The number of halogens is 2. The second-order valence-electron chi connectivity index (χ2n) is 5.90. The lowest BCUT2D eigenvalue weighted by Gasteiger charge is -2.44. The van der Waals surface area contributed by atoms with Crippen LogP contribution in [0.4, 0.5) is 14.4 Å². The molecule has 0 aliphatic carbocycles. The van der Waals surface area contributed by atoms with E-state index in [1.54, 1.807) is 30.3 Å². The maximum absolute atomic E-state index is 12.3. The van der Waals surface area contributed by atoms with Crippen LogP contribution in [0.5, 0.6) is 0 Å². The molecule has 2 rings (SSSR count). The van der Waals surface area contributed by atoms with Crippen molar-refractivity contribution in [3.63, 3.8) is 0 Å². The van der Waals surface area contributed by atoms with E-state index < -0.39 is 52.1 Å². The third kappa shape index (κ3) is 7.45. The molecular weight excluding hydrogens is 481 g/mol. The minimum absolute atomic E-state index is 0.0105. The fraction of sp³-hybridized carbons (Fsp3) is 0.375. The van der Waals surface area contributed by atoms with Crippen LogP contribution in [-0.4, -0.2) is 68.7 Å². The molecule has 1 aromatic rings. The number of carbonyl (C=O) groups excluding carboxylic acids is 4. The van der Waals surface area contributed by atoms with Crippen molar-refractivity contribution in [1.82, 2.24) is 14.9 Å². The number of rotatable bonds is 8. The molecule has 1 heterocycles. The molecule has 170 valence electrons. The Morgan fingerprint density at radius 3 is 2.39 bits per heavy atom. The van der Waals surface area contributed by atoms with Gasteiger partial charge in [0.2, 0.25) is 0 Å². The SMILES string of the molecule is O=C(NC1C(=O)N(C(=O)NS(=O)(=O)Cl)C1COC(=O)OCCCl)OCc1ccccc1. The van der Waals surface area contributed by atoms with Crippen LogP contribution in [-0.2, 0) is 34.8 Å². The van der Waals surface area contributed by atoms with Crippen LogP contribution in [0.15, 0.2) is 30.3 Å². The van der Waals surface area contributed by atoms with Crippen molar-refractivity contribution in [2.45, 2.75) is 18.7 Å². The first kappa shape index (κ1) is 24.5. The van der Waals surface area contributed by atoms with Crippen LogP contribution >= 0.6 is 22.3 Å². The van der Waals surface area contributed by atoms with Gasteiger partial charge < -0.3 is 19.5 Å². The highest BCUT2D eigenvalue weighted by molar-refractivity contribution is 8.12. The van der Waals surface area contributed by atoms with Crippen molar-refractivity contribution >= 4 is 55.7 Å². The minimum Gasteiger partial charge on any atom is -0.445 e. The first-order valence-corrected chi connectivity index (χ1v) is 11.4. The standard InChI is InChI=1S/C16H17Cl2N3O9S/c17-6-7-28-16(25)30-9-11-12(13(22)21(11)14(23)20-31(18,26)27)19-15(24)29-8-10-4-2-1-3-5-10/h1-5,11-12H,6-9H2,(H,19,24)(H,20,23). The summed E-state index contributed by atoms with van der Waals surface area (Å²) in [6.45, 7) is -0.841. The Morgan fingerprint density at radius 2 is 1.77 bits per heavy atom. The molecule has 31 heavy (non-hydrogen) atoms. The maximum Gasteiger partial charge on any atom is 0.508 e. The summed E-state index contributed by atoms with van der Waals surface area (Å²) in [6.07, 6.45) is -2.13. The number of benzene rings is 1. The third-order valence-electron chi connectivity index (χ3n) is 3.80. The van der Waals surface area contributed by atoms with Gasteiger partial charge in [-0.05, 0) is 5.56 Å². The van der Waals surface area contributed by atoms with Gasteiger partial charge >= 0.3 is 27.5 Å². The van der Waals surface area contributed by atoms with Crippen molar-refractivity contribution in [3.05, 3.63) is 35.9 Å². The lowest BCUT2D eigenvalue weighted by atomic mass is 9.96. The predicted octanol–water partition coefficient (Wildman–Crippen LogP) is 1.08. The van der Waals surface area contributed by atoms with Crippen molar-refractivity contribution in [2.75, 3.05) is 19.1 Å². The Kier molecular flexibility index (Phi) is 8.71. The maximum atomic E-state index is 12.3. The highest BCUT2D eigenvalue weighted by atomic mass is 35.7. The highest BCUT2D eigenvalue weighted by Crippen LogP contribution is 2.22. The Hall–Kier alpha value is -2.77. The molecule has 0 aromatic heterocycles. The second-order valence-corrected chi connectivity index (χ2v) is 8.58. The van der Waals surface area contributed by atoms with Gasteiger partial charge in [-0.25, -0.2) is 19.1 Å². The van der Waals surface area contributed by atoms with Gasteiger partial charge in [-0.1, -0.05) is 30.3 Å². The molecule has 0 spiro atoms. The number of imide groups is 1. The minimum atomic E-state index is -4.49. The summed E-state index contributed by atoms with van der Waals surface area (Å²) in [6, 6.07) is 4.70. The first-order chi connectivity index (χ1) is 14.6. The Bertz CT molecular complexity index is 930. The van der Waals surface area contributed by atoms with E-state index in [2.05, 4.69) is 10.1 Å².